The van der Waals surface area contributed by atoms with Gasteiger partial charge in [-0.15, -0.1) is 11.3 Å². The van der Waals surface area contributed by atoms with E-state index in [4.69, 9.17) is 9.72 Å². The molecule has 0 saturated carbocycles. The molecule has 2 heterocycles. The van der Waals surface area contributed by atoms with Gasteiger partial charge in [-0.2, -0.15) is 0 Å². The van der Waals surface area contributed by atoms with E-state index in [0.717, 1.165) is 83.6 Å². The van der Waals surface area contributed by atoms with Gasteiger partial charge in [0.05, 0.1) is 29.4 Å². The minimum Gasteiger partial charge on any atom is -0.465 e. The van der Waals surface area contributed by atoms with E-state index in [9.17, 15) is 9.59 Å². The second kappa shape index (κ2) is 11.8. The number of aryl methyl sites for hydroxylation is 2. The maximum Gasteiger partial charge on any atom is 0.341 e. The topological polar surface area (TPSA) is 68.3 Å². The predicted molar refractivity (Wildman–Crippen MR) is 158 cm³/mol. The zero-order valence-corrected chi connectivity index (χ0v) is 24.1. The fourth-order valence-corrected chi connectivity index (χ4v) is 6.71. The number of pyridine rings is 1. The van der Waals surface area contributed by atoms with Crippen LogP contribution in [0.1, 0.15) is 75.7 Å². The summed E-state index contributed by atoms with van der Waals surface area (Å²) in [7, 11) is 1.39. The van der Waals surface area contributed by atoms with Crippen molar-refractivity contribution in [2.75, 3.05) is 12.4 Å². The van der Waals surface area contributed by atoms with Crippen LogP contribution in [0.15, 0.2) is 53.0 Å². The Hall–Kier alpha value is -3.03. The Morgan fingerprint density at radius 1 is 1.05 bits per heavy atom. The van der Waals surface area contributed by atoms with Gasteiger partial charge in [0.25, 0.3) is 5.91 Å². The molecule has 2 aromatic carbocycles. The molecule has 7 heteroatoms. The van der Waals surface area contributed by atoms with Crippen molar-refractivity contribution < 1.29 is 14.3 Å². The smallest absolute Gasteiger partial charge is 0.341 e. The highest BCUT2D eigenvalue weighted by Crippen LogP contribution is 2.38. The molecule has 0 aliphatic heterocycles. The lowest BCUT2D eigenvalue weighted by molar-refractivity contribution is 0.0601. The number of methoxy groups -OCH3 is 1. The maximum absolute atomic E-state index is 13.8. The van der Waals surface area contributed by atoms with E-state index in [1.54, 1.807) is 0 Å². The number of esters is 1. The minimum absolute atomic E-state index is 0.266. The second-order valence-electron chi connectivity index (χ2n) is 9.73. The van der Waals surface area contributed by atoms with Gasteiger partial charge in [0.1, 0.15) is 5.00 Å². The van der Waals surface area contributed by atoms with E-state index in [1.807, 2.05) is 24.3 Å². The molecule has 5 nitrogen and oxygen atoms in total. The Balaban J connectivity index is 1.55. The van der Waals surface area contributed by atoms with Crippen LogP contribution < -0.4 is 5.32 Å². The Morgan fingerprint density at radius 3 is 2.61 bits per heavy atom. The molecule has 38 heavy (non-hydrogen) atoms. The summed E-state index contributed by atoms with van der Waals surface area (Å²) in [5, 5.41) is 4.39. The normalized spacial score (nSPS) is 13.1. The molecular weight excluding hydrogens is 560 g/mol. The van der Waals surface area contributed by atoms with E-state index in [0.29, 0.717) is 16.1 Å². The summed E-state index contributed by atoms with van der Waals surface area (Å²) in [6.45, 7) is 2.19. The van der Waals surface area contributed by atoms with Crippen molar-refractivity contribution in [3.8, 4) is 11.3 Å². The number of amides is 1. The van der Waals surface area contributed by atoms with E-state index in [-0.39, 0.29) is 5.91 Å². The molecule has 1 N–H and O–H groups in total. The number of rotatable bonds is 7. The Morgan fingerprint density at radius 2 is 1.84 bits per heavy atom. The van der Waals surface area contributed by atoms with Crippen LogP contribution in [0.25, 0.3) is 22.2 Å². The number of halogens is 1. The van der Waals surface area contributed by atoms with Crippen LogP contribution in [0, 0.1) is 0 Å². The molecule has 1 aliphatic carbocycles. The second-order valence-corrected chi connectivity index (χ2v) is 11.8. The van der Waals surface area contributed by atoms with Crippen molar-refractivity contribution in [3.63, 3.8) is 0 Å². The third kappa shape index (κ3) is 5.54. The Kier molecular flexibility index (Phi) is 8.24. The van der Waals surface area contributed by atoms with Crippen molar-refractivity contribution >= 4 is 55.0 Å². The highest BCUT2D eigenvalue weighted by atomic mass is 79.9. The molecule has 196 valence electrons. The van der Waals surface area contributed by atoms with Gasteiger partial charge in [-0.1, -0.05) is 60.0 Å². The fourth-order valence-electron chi connectivity index (χ4n) is 5.08. The van der Waals surface area contributed by atoms with Gasteiger partial charge in [0.2, 0.25) is 0 Å². The molecule has 0 spiro atoms. The first kappa shape index (κ1) is 26.6. The van der Waals surface area contributed by atoms with Gasteiger partial charge < -0.3 is 10.1 Å². The number of thiophene rings is 1. The Bertz CT molecular complexity index is 1490. The number of benzene rings is 2. The molecule has 0 radical (unpaired) electrons. The van der Waals surface area contributed by atoms with Gasteiger partial charge in [0.15, 0.2) is 0 Å². The van der Waals surface area contributed by atoms with Gasteiger partial charge >= 0.3 is 5.97 Å². The summed E-state index contributed by atoms with van der Waals surface area (Å²) < 4.78 is 5.99. The van der Waals surface area contributed by atoms with E-state index >= 15 is 0 Å². The fraction of sp³-hybridized carbons (Fsp3) is 0.323. The first-order valence-corrected chi connectivity index (χ1v) is 14.8. The van der Waals surface area contributed by atoms with Gasteiger partial charge in [-0.3, -0.25) is 4.79 Å². The lowest BCUT2D eigenvalue weighted by Gasteiger charge is -2.12. The lowest BCUT2D eigenvalue weighted by atomic mass is 10.0. The Labute approximate surface area is 235 Å². The zero-order valence-electron chi connectivity index (χ0n) is 21.7. The van der Waals surface area contributed by atoms with Crippen molar-refractivity contribution in [2.45, 2.75) is 58.3 Å². The lowest BCUT2D eigenvalue weighted by Crippen LogP contribution is -2.15. The third-order valence-electron chi connectivity index (χ3n) is 7.12. The zero-order chi connectivity index (χ0) is 26.6. The average Bonchev–Trinajstić information content (AvgIpc) is 3.10. The number of anilines is 1. The highest BCUT2D eigenvalue weighted by Gasteiger charge is 2.27. The number of unbranched alkanes of at least 4 members (excludes halogenated alkanes) is 1. The first-order chi connectivity index (χ1) is 18.5. The number of hydrogen-bond acceptors (Lipinski definition) is 5. The van der Waals surface area contributed by atoms with Crippen LogP contribution in [0.2, 0.25) is 0 Å². The molecule has 5 rings (SSSR count). The molecule has 0 saturated heterocycles. The summed E-state index contributed by atoms with van der Waals surface area (Å²) in [5.74, 6) is -0.663. The van der Waals surface area contributed by atoms with Crippen molar-refractivity contribution in [1.29, 1.82) is 0 Å². The third-order valence-corrected chi connectivity index (χ3v) is 8.82. The van der Waals surface area contributed by atoms with Gasteiger partial charge in [0, 0.05) is 20.3 Å². The van der Waals surface area contributed by atoms with Crippen LogP contribution >= 0.6 is 27.3 Å². The predicted octanol–water partition coefficient (Wildman–Crippen LogP) is 8.38. The molecule has 0 unspecified atom stereocenters. The summed E-state index contributed by atoms with van der Waals surface area (Å²) in [4.78, 5) is 32.7. The summed E-state index contributed by atoms with van der Waals surface area (Å²) in [5.41, 5.74) is 5.78. The van der Waals surface area contributed by atoms with Gasteiger partial charge in [-0.05, 0) is 73.9 Å². The highest BCUT2D eigenvalue weighted by molar-refractivity contribution is 9.10. The number of nitrogens with zero attached hydrogens (tertiary/aromatic N) is 1. The molecule has 0 fully saturated rings. The van der Waals surface area contributed by atoms with Crippen LogP contribution in [-0.4, -0.2) is 24.0 Å². The largest absolute Gasteiger partial charge is 0.465 e. The molecule has 2 aromatic heterocycles. The van der Waals surface area contributed by atoms with Crippen LogP contribution in [0.4, 0.5) is 5.00 Å². The average molecular weight is 592 g/mol. The van der Waals surface area contributed by atoms with Crippen molar-refractivity contribution in [2.24, 2.45) is 0 Å². The molecule has 1 aliphatic rings. The summed E-state index contributed by atoms with van der Waals surface area (Å²) in [6, 6.07) is 16.0. The molecule has 1 amide bonds. The minimum atomic E-state index is -0.397. The van der Waals surface area contributed by atoms with Crippen molar-refractivity contribution in [3.05, 3.63) is 80.1 Å². The molecule has 4 aromatic rings. The number of carbonyl (C=O) groups excluding carboxylic acids is 2. The number of aromatic nitrogens is 1. The number of fused-ring (bicyclic) bond motifs is 2. The van der Waals surface area contributed by atoms with Gasteiger partial charge in [-0.25, -0.2) is 9.78 Å². The SMILES string of the molecule is CCCCc1ccc(-c2cc(C(=O)Nc3sc4c(c3C(=O)OC)CCCCC4)c3cc(Br)ccc3n2)cc1. The monoisotopic (exact) mass is 590 g/mol. The summed E-state index contributed by atoms with van der Waals surface area (Å²) in [6.07, 6.45) is 8.38. The number of nitrogens with one attached hydrogen (secondary N) is 1. The quantitative estimate of drug-likeness (QED) is 0.173. The number of hydrogen-bond donors (Lipinski definition) is 1. The van der Waals surface area contributed by atoms with E-state index in [2.05, 4.69) is 52.4 Å². The first-order valence-electron chi connectivity index (χ1n) is 13.2. The van der Waals surface area contributed by atoms with E-state index < -0.39 is 5.97 Å². The van der Waals surface area contributed by atoms with Crippen molar-refractivity contribution in [1.82, 2.24) is 4.98 Å². The van der Waals surface area contributed by atoms with Crippen LogP contribution in [0.5, 0.6) is 0 Å². The number of ether oxygens (including phenoxy) is 1. The van der Waals surface area contributed by atoms with E-state index in [1.165, 1.54) is 28.9 Å². The molecular formula is C31H31BrN2O3S. The number of carbonyl (C=O) groups is 2. The summed E-state index contributed by atoms with van der Waals surface area (Å²) >= 11 is 5.04. The molecule has 0 atom stereocenters. The molecule has 0 bridgehead atoms. The standard InChI is InChI=1S/C31H31BrN2O3S/c1-3-4-8-19-11-13-20(14-12-19)26-18-24(23-17-21(32)15-16-25(23)33-26)29(35)34-30-28(31(36)37-2)22-9-6-5-7-10-27(22)38-30/h11-18H,3-10H2,1-2H3,(H,34,35). The maximum atomic E-state index is 13.8. The van der Waals surface area contributed by atoms with Crippen LogP contribution in [0.3, 0.4) is 0 Å². The van der Waals surface area contributed by atoms with Crippen LogP contribution in [-0.2, 0) is 24.0 Å².